The van der Waals surface area contributed by atoms with Crippen LogP contribution in [0.25, 0.3) is 11.3 Å². The van der Waals surface area contributed by atoms with Gasteiger partial charge in [-0.25, -0.2) is 5.43 Å². The zero-order chi connectivity index (χ0) is 19.2. The number of aryl methyl sites for hydroxylation is 1. The number of nitrogens with one attached hydrogen (secondary N) is 2. The van der Waals surface area contributed by atoms with Crippen LogP contribution >= 0.6 is 0 Å². The molecule has 0 aliphatic rings. The minimum Gasteiger partial charge on any atom is -0.494 e. The molecule has 6 heteroatoms. The lowest BCUT2D eigenvalue weighted by atomic mass is 10.1. The van der Waals surface area contributed by atoms with E-state index in [0.29, 0.717) is 18.0 Å². The number of carbonyl (C=O) groups is 1. The number of benzene rings is 2. The van der Waals surface area contributed by atoms with Crippen molar-refractivity contribution in [3.8, 4) is 17.0 Å². The monoisotopic (exact) mass is 362 g/mol. The van der Waals surface area contributed by atoms with Crippen LogP contribution in [0.15, 0.2) is 59.7 Å². The number of hydrogen-bond donors (Lipinski definition) is 2. The molecule has 3 aromatic rings. The molecule has 0 saturated carbocycles. The molecule has 0 radical (unpaired) electrons. The van der Waals surface area contributed by atoms with Crippen LogP contribution in [-0.4, -0.2) is 28.4 Å². The predicted molar refractivity (Wildman–Crippen MR) is 106 cm³/mol. The lowest BCUT2D eigenvalue weighted by Crippen LogP contribution is -2.19. The minimum atomic E-state index is -0.346. The third kappa shape index (κ3) is 4.61. The molecule has 138 valence electrons. The molecule has 0 unspecified atom stereocenters. The number of amides is 1. The number of rotatable bonds is 6. The van der Waals surface area contributed by atoms with E-state index in [1.165, 1.54) is 5.56 Å². The second kappa shape index (κ2) is 8.31. The average molecular weight is 362 g/mol. The van der Waals surface area contributed by atoms with Crippen molar-refractivity contribution < 1.29 is 9.53 Å². The van der Waals surface area contributed by atoms with E-state index in [-0.39, 0.29) is 5.91 Å². The highest BCUT2D eigenvalue weighted by Crippen LogP contribution is 2.22. The van der Waals surface area contributed by atoms with Crippen molar-refractivity contribution in [3.05, 3.63) is 71.4 Å². The third-order valence-electron chi connectivity index (χ3n) is 4.06. The normalized spacial score (nSPS) is 11.3. The van der Waals surface area contributed by atoms with E-state index in [0.717, 1.165) is 22.6 Å². The van der Waals surface area contributed by atoms with E-state index in [1.54, 1.807) is 6.07 Å². The van der Waals surface area contributed by atoms with Gasteiger partial charge in [-0.05, 0) is 44.5 Å². The van der Waals surface area contributed by atoms with E-state index >= 15 is 0 Å². The zero-order valence-corrected chi connectivity index (χ0v) is 15.6. The molecule has 0 spiro atoms. The SMILES string of the molecule is CCOc1cccc(-c2cc(C(=O)NN=C(C)c3ccc(C)cc3)[nH]n2)c1. The largest absolute Gasteiger partial charge is 0.494 e. The first kappa shape index (κ1) is 18.4. The van der Waals surface area contributed by atoms with Crippen molar-refractivity contribution >= 4 is 11.6 Å². The Morgan fingerprint density at radius 3 is 2.70 bits per heavy atom. The summed E-state index contributed by atoms with van der Waals surface area (Å²) in [5, 5.41) is 11.1. The molecule has 3 rings (SSSR count). The standard InChI is InChI=1S/C21H22N4O2/c1-4-27-18-7-5-6-17(12-18)19-13-20(24-23-19)21(26)25-22-15(3)16-10-8-14(2)9-11-16/h5-13H,4H2,1-3H3,(H,23,24)(H,25,26). The number of aromatic nitrogens is 2. The van der Waals surface area contributed by atoms with Gasteiger partial charge in [-0.1, -0.05) is 42.0 Å². The highest BCUT2D eigenvalue weighted by molar-refractivity contribution is 6.00. The summed E-state index contributed by atoms with van der Waals surface area (Å²) in [4.78, 5) is 12.3. The molecule has 2 N–H and O–H groups in total. The Bertz CT molecular complexity index is 958. The van der Waals surface area contributed by atoms with Gasteiger partial charge in [0.05, 0.1) is 18.0 Å². The Morgan fingerprint density at radius 2 is 1.96 bits per heavy atom. The highest BCUT2D eigenvalue weighted by atomic mass is 16.5. The highest BCUT2D eigenvalue weighted by Gasteiger charge is 2.11. The first-order valence-corrected chi connectivity index (χ1v) is 8.77. The fourth-order valence-corrected chi connectivity index (χ4v) is 2.55. The number of ether oxygens (including phenoxy) is 1. The molecule has 0 fully saturated rings. The maximum Gasteiger partial charge on any atom is 0.289 e. The van der Waals surface area contributed by atoms with Crippen molar-refractivity contribution in [2.45, 2.75) is 20.8 Å². The second-order valence-electron chi connectivity index (χ2n) is 6.13. The molecule has 0 saturated heterocycles. The van der Waals surface area contributed by atoms with Crippen LogP contribution in [0.1, 0.15) is 35.5 Å². The first-order valence-electron chi connectivity index (χ1n) is 8.77. The van der Waals surface area contributed by atoms with Crippen molar-refractivity contribution in [2.75, 3.05) is 6.61 Å². The fourth-order valence-electron chi connectivity index (χ4n) is 2.55. The molecule has 27 heavy (non-hydrogen) atoms. The summed E-state index contributed by atoms with van der Waals surface area (Å²) >= 11 is 0. The molecule has 0 aliphatic carbocycles. The van der Waals surface area contributed by atoms with Gasteiger partial charge >= 0.3 is 0 Å². The van der Waals surface area contributed by atoms with Gasteiger partial charge in [-0.2, -0.15) is 10.2 Å². The molecule has 1 aromatic heterocycles. The van der Waals surface area contributed by atoms with Gasteiger partial charge in [0.15, 0.2) is 0 Å². The van der Waals surface area contributed by atoms with Crippen LogP contribution in [0.3, 0.4) is 0 Å². The molecule has 0 aliphatic heterocycles. The Labute approximate surface area is 158 Å². The fraction of sp³-hybridized carbons (Fsp3) is 0.190. The molecular weight excluding hydrogens is 340 g/mol. The number of aromatic amines is 1. The second-order valence-corrected chi connectivity index (χ2v) is 6.13. The third-order valence-corrected chi connectivity index (χ3v) is 4.06. The molecule has 1 amide bonds. The van der Waals surface area contributed by atoms with Crippen LogP contribution < -0.4 is 10.2 Å². The van der Waals surface area contributed by atoms with E-state index in [4.69, 9.17) is 4.74 Å². The van der Waals surface area contributed by atoms with Gasteiger partial charge in [0.2, 0.25) is 0 Å². The Morgan fingerprint density at radius 1 is 1.19 bits per heavy atom. The van der Waals surface area contributed by atoms with Crippen molar-refractivity contribution in [1.82, 2.24) is 15.6 Å². The van der Waals surface area contributed by atoms with E-state index in [9.17, 15) is 4.79 Å². The number of nitrogens with zero attached hydrogens (tertiary/aromatic N) is 2. The van der Waals surface area contributed by atoms with Crippen LogP contribution in [-0.2, 0) is 0 Å². The van der Waals surface area contributed by atoms with Crippen molar-refractivity contribution in [3.63, 3.8) is 0 Å². The summed E-state index contributed by atoms with van der Waals surface area (Å²) in [5.74, 6) is 0.420. The first-order chi connectivity index (χ1) is 13.1. The summed E-state index contributed by atoms with van der Waals surface area (Å²) in [6.45, 7) is 6.40. The van der Waals surface area contributed by atoms with Crippen molar-refractivity contribution in [1.29, 1.82) is 0 Å². The summed E-state index contributed by atoms with van der Waals surface area (Å²) < 4.78 is 5.50. The number of H-pyrrole nitrogens is 1. The molecular formula is C21H22N4O2. The van der Waals surface area contributed by atoms with Gasteiger partial charge in [-0.15, -0.1) is 0 Å². The maximum atomic E-state index is 12.3. The van der Waals surface area contributed by atoms with Crippen LogP contribution in [0.5, 0.6) is 5.75 Å². The van der Waals surface area contributed by atoms with Crippen LogP contribution in [0.4, 0.5) is 0 Å². The lowest BCUT2D eigenvalue weighted by molar-refractivity contribution is 0.0950. The summed E-state index contributed by atoms with van der Waals surface area (Å²) in [5.41, 5.74) is 7.30. The molecule has 0 atom stereocenters. The summed E-state index contributed by atoms with van der Waals surface area (Å²) in [7, 11) is 0. The quantitative estimate of drug-likeness (QED) is 0.515. The summed E-state index contributed by atoms with van der Waals surface area (Å²) in [6, 6.07) is 17.2. The zero-order valence-electron chi connectivity index (χ0n) is 15.6. The minimum absolute atomic E-state index is 0.340. The Hall–Kier alpha value is -3.41. The van der Waals surface area contributed by atoms with E-state index < -0.39 is 0 Å². The Kier molecular flexibility index (Phi) is 5.66. The van der Waals surface area contributed by atoms with Crippen LogP contribution in [0, 0.1) is 6.92 Å². The average Bonchev–Trinajstić information content (AvgIpc) is 3.17. The Balaban J connectivity index is 1.70. The predicted octanol–water partition coefficient (Wildman–Crippen LogP) is 3.94. The molecule has 2 aromatic carbocycles. The van der Waals surface area contributed by atoms with E-state index in [2.05, 4.69) is 20.7 Å². The van der Waals surface area contributed by atoms with Gasteiger partial charge in [-0.3, -0.25) is 9.89 Å². The lowest BCUT2D eigenvalue weighted by Gasteiger charge is -2.03. The number of carbonyl (C=O) groups excluding carboxylic acids is 1. The van der Waals surface area contributed by atoms with Gasteiger partial charge in [0.1, 0.15) is 11.4 Å². The molecule has 0 bridgehead atoms. The van der Waals surface area contributed by atoms with Gasteiger partial charge < -0.3 is 4.74 Å². The molecule has 6 nitrogen and oxygen atoms in total. The maximum absolute atomic E-state index is 12.3. The number of hydrogen-bond acceptors (Lipinski definition) is 4. The van der Waals surface area contributed by atoms with Gasteiger partial charge in [0.25, 0.3) is 5.91 Å². The summed E-state index contributed by atoms with van der Waals surface area (Å²) in [6.07, 6.45) is 0. The van der Waals surface area contributed by atoms with E-state index in [1.807, 2.05) is 69.3 Å². The smallest absolute Gasteiger partial charge is 0.289 e. The van der Waals surface area contributed by atoms with Gasteiger partial charge in [0, 0.05) is 5.56 Å². The number of hydrazone groups is 1. The van der Waals surface area contributed by atoms with Crippen LogP contribution in [0.2, 0.25) is 0 Å². The topological polar surface area (TPSA) is 79.4 Å². The van der Waals surface area contributed by atoms with Crippen molar-refractivity contribution in [2.24, 2.45) is 5.10 Å². The molecule has 1 heterocycles.